The molecule has 1 saturated heterocycles. The molecular formula is C14H19NO4S2. The molecule has 1 unspecified atom stereocenters. The quantitative estimate of drug-likeness (QED) is 0.801. The summed E-state index contributed by atoms with van der Waals surface area (Å²) in [5, 5.41) is 2.77. The lowest BCUT2D eigenvalue weighted by Crippen LogP contribution is -2.36. The molecule has 0 bridgehead atoms. The Bertz CT molecular complexity index is 583. The van der Waals surface area contributed by atoms with Crippen molar-refractivity contribution in [3.05, 3.63) is 24.3 Å². The number of carbonyl (C=O) groups excluding carboxylic acids is 1. The third kappa shape index (κ3) is 5.24. The fourth-order valence-electron chi connectivity index (χ4n) is 2.13. The predicted molar refractivity (Wildman–Crippen MR) is 83.5 cm³/mol. The zero-order valence-corrected chi connectivity index (χ0v) is 13.5. The largest absolute Gasteiger partial charge is 0.494 e. The van der Waals surface area contributed by atoms with Gasteiger partial charge in [0.25, 0.3) is 0 Å². The van der Waals surface area contributed by atoms with Gasteiger partial charge in [-0.3, -0.25) is 4.79 Å². The number of sulfone groups is 1. The van der Waals surface area contributed by atoms with Gasteiger partial charge in [-0.05, 0) is 37.6 Å². The second kappa shape index (κ2) is 7.17. The van der Waals surface area contributed by atoms with Crippen LogP contribution in [0.4, 0.5) is 0 Å². The molecule has 5 nitrogen and oxygen atoms in total. The Hall–Kier alpha value is -1.21. The Morgan fingerprint density at radius 1 is 1.38 bits per heavy atom. The number of thioether (sulfide) groups is 1. The van der Waals surface area contributed by atoms with Crippen LogP contribution in [0.2, 0.25) is 0 Å². The molecule has 1 aromatic carbocycles. The van der Waals surface area contributed by atoms with Gasteiger partial charge in [-0.1, -0.05) is 0 Å². The Kier molecular flexibility index (Phi) is 5.52. The molecule has 7 heteroatoms. The van der Waals surface area contributed by atoms with E-state index < -0.39 is 9.84 Å². The molecule has 1 fully saturated rings. The molecule has 116 valence electrons. The van der Waals surface area contributed by atoms with E-state index in [1.54, 1.807) is 0 Å². The lowest BCUT2D eigenvalue weighted by molar-refractivity contribution is -0.119. The Morgan fingerprint density at radius 3 is 2.67 bits per heavy atom. The fourth-order valence-corrected chi connectivity index (χ4v) is 4.51. The Labute approximate surface area is 129 Å². The third-order valence-electron chi connectivity index (χ3n) is 3.10. The van der Waals surface area contributed by atoms with Crippen molar-refractivity contribution in [3.8, 4) is 5.75 Å². The summed E-state index contributed by atoms with van der Waals surface area (Å²) in [7, 11) is -2.95. The molecule has 0 saturated carbocycles. The number of hydrogen-bond donors (Lipinski definition) is 1. The van der Waals surface area contributed by atoms with E-state index in [9.17, 15) is 13.2 Å². The van der Waals surface area contributed by atoms with Crippen molar-refractivity contribution >= 4 is 27.5 Å². The summed E-state index contributed by atoms with van der Waals surface area (Å²) in [6.45, 7) is 2.55. The highest BCUT2D eigenvalue weighted by Crippen LogP contribution is 2.21. The van der Waals surface area contributed by atoms with E-state index in [1.165, 1.54) is 11.8 Å². The van der Waals surface area contributed by atoms with E-state index in [2.05, 4.69) is 5.32 Å². The highest BCUT2D eigenvalue weighted by atomic mass is 32.2. The van der Waals surface area contributed by atoms with Crippen LogP contribution in [0, 0.1) is 0 Å². The number of nitrogens with one attached hydrogen (secondary N) is 1. The van der Waals surface area contributed by atoms with Crippen LogP contribution >= 0.6 is 11.8 Å². The molecule has 1 atom stereocenters. The molecule has 0 radical (unpaired) electrons. The first-order chi connectivity index (χ1) is 9.98. The van der Waals surface area contributed by atoms with Crippen LogP contribution in [0.25, 0.3) is 0 Å². The summed E-state index contributed by atoms with van der Waals surface area (Å²) in [4.78, 5) is 12.8. The van der Waals surface area contributed by atoms with Gasteiger partial charge in [-0.15, -0.1) is 11.8 Å². The third-order valence-corrected chi connectivity index (χ3v) is 5.88. The summed E-state index contributed by atoms with van der Waals surface area (Å²) in [5.74, 6) is 1.19. The first-order valence-electron chi connectivity index (χ1n) is 6.84. The molecule has 1 heterocycles. The molecule has 0 aliphatic carbocycles. The molecule has 1 amide bonds. The Balaban J connectivity index is 1.76. The highest BCUT2D eigenvalue weighted by molar-refractivity contribution is 8.00. The zero-order valence-electron chi connectivity index (χ0n) is 11.9. The monoisotopic (exact) mass is 329 g/mol. The number of ether oxygens (including phenoxy) is 1. The maximum absolute atomic E-state index is 11.8. The van der Waals surface area contributed by atoms with Gasteiger partial charge in [0.1, 0.15) is 5.75 Å². The molecule has 21 heavy (non-hydrogen) atoms. The van der Waals surface area contributed by atoms with Crippen LogP contribution in [0.5, 0.6) is 5.75 Å². The maximum atomic E-state index is 11.8. The number of amides is 1. The van der Waals surface area contributed by atoms with Crippen molar-refractivity contribution in [1.82, 2.24) is 5.32 Å². The SMILES string of the molecule is CCOc1ccc(SCC(=O)NC2CCS(=O)(=O)C2)cc1. The van der Waals surface area contributed by atoms with Crippen LogP contribution < -0.4 is 10.1 Å². The predicted octanol–water partition coefficient (Wildman–Crippen LogP) is 1.48. The minimum atomic E-state index is -2.95. The molecular weight excluding hydrogens is 310 g/mol. The van der Waals surface area contributed by atoms with Crippen LogP contribution in [-0.4, -0.2) is 44.2 Å². The standard InChI is InChI=1S/C14H19NO4S2/c1-2-19-12-3-5-13(6-4-12)20-9-14(16)15-11-7-8-21(17,18)10-11/h3-6,11H,2,7-10H2,1H3,(H,15,16). The summed E-state index contributed by atoms with van der Waals surface area (Å²) in [6.07, 6.45) is 0.516. The van der Waals surface area contributed by atoms with Crippen LogP contribution in [0.15, 0.2) is 29.2 Å². The number of rotatable bonds is 6. The van der Waals surface area contributed by atoms with Crippen molar-refractivity contribution < 1.29 is 17.9 Å². The van der Waals surface area contributed by atoms with Crippen LogP contribution in [-0.2, 0) is 14.6 Å². The summed E-state index contributed by atoms with van der Waals surface area (Å²) in [5.41, 5.74) is 0. The van der Waals surface area contributed by atoms with E-state index >= 15 is 0 Å². The molecule has 0 aromatic heterocycles. The highest BCUT2D eigenvalue weighted by Gasteiger charge is 2.28. The van der Waals surface area contributed by atoms with Crippen molar-refractivity contribution in [3.63, 3.8) is 0 Å². The number of carbonyl (C=O) groups is 1. The van der Waals surface area contributed by atoms with Gasteiger partial charge in [-0.2, -0.15) is 0 Å². The van der Waals surface area contributed by atoms with Crippen molar-refractivity contribution in [2.45, 2.75) is 24.3 Å². The molecule has 0 spiro atoms. The van der Waals surface area contributed by atoms with Gasteiger partial charge in [0, 0.05) is 10.9 Å². The minimum absolute atomic E-state index is 0.0620. The van der Waals surface area contributed by atoms with E-state index in [-0.39, 0.29) is 29.2 Å². The minimum Gasteiger partial charge on any atom is -0.494 e. The average molecular weight is 329 g/mol. The number of benzene rings is 1. The zero-order chi connectivity index (χ0) is 15.3. The van der Waals surface area contributed by atoms with E-state index in [0.717, 1.165) is 10.6 Å². The van der Waals surface area contributed by atoms with Gasteiger partial charge < -0.3 is 10.1 Å². The number of hydrogen-bond acceptors (Lipinski definition) is 5. The first kappa shape index (κ1) is 16.2. The average Bonchev–Trinajstić information content (AvgIpc) is 2.77. The molecule has 1 aliphatic rings. The van der Waals surface area contributed by atoms with Gasteiger partial charge in [0.15, 0.2) is 9.84 Å². The van der Waals surface area contributed by atoms with Gasteiger partial charge >= 0.3 is 0 Å². The molecule has 1 aliphatic heterocycles. The van der Waals surface area contributed by atoms with Crippen molar-refractivity contribution in [2.24, 2.45) is 0 Å². The second-order valence-corrected chi connectivity index (χ2v) is 8.14. The molecule has 1 N–H and O–H groups in total. The lowest BCUT2D eigenvalue weighted by Gasteiger charge is -2.10. The topological polar surface area (TPSA) is 72.5 Å². The Morgan fingerprint density at radius 2 is 2.10 bits per heavy atom. The summed E-state index contributed by atoms with van der Waals surface area (Å²) in [6, 6.07) is 7.32. The maximum Gasteiger partial charge on any atom is 0.230 e. The lowest BCUT2D eigenvalue weighted by atomic mass is 10.3. The van der Waals surface area contributed by atoms with Gasteiger partial charge in [0.05, 0.1) is 23.9 Å². The summed E-state index contributed by atoms with van der Waals surface area (Å²) < 4.78 is 28.0. The van der Waals surface area contributed by atoms with Crippen LogP contribution in [0.3, 0.4) is 0 Å². The van der Waals surface area contributed by atoms with E-state index in [0.29, 0.717) is 13.0 Å². The second-order valence-electron chi connectivity index (χ2n) is 4.86. The normalized spacial score (nSPS) is 20.1. The van der Waals surface area contributed by atoms with Gasteiger partial charge in [-0.25, -0.2) is 8.42 Å². The first-order valence-corrected chi connectivity index (χ1v) is 9.64. The smallest absolute Gasteiger partial charge is 0.230 e. The van der Waals surface area contributed by atoms with Crippen molar-refractivity contribution in [2.75, 3.05) is 23.9 Å². The molecule has 2 rings (SSSR count). The van der Waals surface area contributed by atoms with Crippen molar-refractivity contribution in [1.29, 1.82) is 0 Å². The van der Waals surface area contributed by atoms with Gasteiger partial charge in [0.2, 0.25) is 5.91 Å². The van der Waals surface area contributed by atoms with E-state index in [1.807, 2.05) is 31.2 Å². The summed E-state index contributed by atoms with van der Waals surface area (Å²) >= 11 is 1.42. The van der Waals surface area contributed by atoms with Crippen LogP contribution in [0.1, 0.15) is 13.3 Å². The van der Waals surface area contributed by atoms with E-state index in [4.69, 9.17) is 4.74 Å². The molecule has 1 aromatic rings. The fraction of sp³-hybridized carbons (Fsp3) is 0.500.